The minimum absolute atomic E-state index is 0.148. The van der Waals surface area contributed by atoms with E-state index in [0.717, 1.165) is 19.5 Å². The second kappa shape index (κ2) is 7.76. The van der Waals surface area contributed by atoms with Crippen molar-refractivity contribution in [3.8, 4) is 0 Å². The Balaban J connectivity index is 1.64. The third kappa shape index (κ3) is 4.03. The number of hydrogen-bond acceptors (Lipinski definition) is 3. The van der Waals surface area contributed by atoms with Crippen molar-refractivity contribution in [2.45, 2.75) is 57.8 Å². The van der Waals surface area contributed by atoms with E-state index in [9.17, 15) is 9.59 Å². The van der Waals surface area contributed by atoms with Gasteiger partial charge in [0.1, 0.15) is 0 Å². The molecule has 1 saturated carbocycles. The highest BCUT2D eigenvalue weighted by Crippen LogP contribution is 2.59. The molecular formula is C23H34N2O3. The molecule has 2 amide bonds. The summed E-state index contributed by atoms with van der Waals surface area (Å²) in [4.78, 5) is 26.3. The van der Waals surface area contributed by atoms with Crippen LogP contribution in [-0.4, -0.2) is 43.6 Å². The number of fused-ring (bicyclic) bond motifs is 1. The molecule has 1 aromatic carbocycles. The number of methoxy groups -OCH3 is 1. The summed E-state index contributed by atoms with van der Waals surface area (Å²) >= 11 is 0. The molecule has 0 radical (unpaired) electrons. The highest BCUT2D eigenvalue weighted by Gasteiger charge is 2.58. The Morgan fingerprint density at radius 2 is 2.11 bits per heavy atom. The highest BCUT2D eigenvalue weighted by atomic mass is 16.5. The smallest absolute Gasteiger partial charge is 0.406 e. The lowest BCUT2D eigenvalue weighted by molar-refractivity contribution is -0.136. The molecule has 0 spiro atoms. The summed E-state index contributed by atoms with van der Waals surface area (Å²) < 4.78 is 4.61. The summed E-state index contributed by atoms with van der Waals surface area (Å²) in [6.45, 7) is 10.7. The van der Waals surface area contributed by atoms with E-state index in [2.05, 4.69) is 55.1 Å². The number of benzene rings is 1. The fourth-order valence-corrected chi connectivity index (χ4v) is 4.55. The van der Waals surface area contributed by atoms with Crippen molar-refractivity contribution in [2.75, 3.05) is 26.7 Å². The number of hydrogen-bond donors (Lipinski definition) is 1. The van der Waals surface area contributed by atoms with Crippen LogP contribution in [0.2, 0.25) is 0 Å². The molecule has 1 N–H and O–H groups in total. The van der Waals surface area contributed by atoms with E-state index in [-0.39, 0.29) is 22.7 Å². The average Bonchev–Trinajstić information content (AvgIpc) is 3.42. The van der Waals surface area contributed by atoms with Gasteiger partial charge in [-0.05, 0) is 41.7 Å². The van der Waals surface area contributed by atoms with E-state index < -0.39 is 6.09 Å². The van der Waals surface area contributed by atoms with Crippen LogP contribution in [-0.2, 0) is 20.4 Å². The number of carbonyl (C=O) groups is 2. The SMILES string of the molecule is CCC(CNC(=O)OC)C(=O)N1CCC2(c3cccc(C(C)(C)C)c3)CC2C1. The van der Waals surface area contributed by atoms with Crippen molar-refractivity contribution in [1.29, 1.82) is 0 Å². The molecule has 1 heterocycles. The number of amides is 2. The van der Waals surface area contributed by atoms with Crippen molar-refractivity contribution in [3.63, 3.8) is 0 Å². The van der Waals surface area contributed by atoms with Crippen LogP contribution >= 0.6 is 0 Å². The summed E-state index contributed by atoms with van der Waals surface area (Å²) in [5.74, 6) is 0.518. The number of piperidine rings is 1. The van der Waals surface area contributed by atoms with Gasteiger partial charge >= 0.3 is 6.09 Å². The Kier molecular flexibility index (Phi) is 5.74. The third-order valence-electron chi connectivity index (χ3n) is 6.64. The number of ether oxygens (including phenoxy) is 1. The Morgan fingerprint density at radius 3 is 2.71 bits per heavy atom. The molecule has 3 rings (SSSR count). The molecule has 2 fully saturated rings. The van der Waals surface area contributed by atoms with E-state index in [1.807, 2.05) is 11.8 Å². The summed E-state index contributed by atoms with van der Waals surface area (Å²) in [5, 5.41) is 2.67. The third-order valence-corrected chi connectivity index (χ3v) is 6.64. The molecule has 2 aliphatic rings. The van der Waals surface area contributed by atoms with Crippen molar-refractivity contribution in [2.24, 2.45) is 11.8 Å². The number of likely N-dealkylation sites (tertiary alicyclic amines) is 1. The summed E-state index contributed by atoms with van der Waals surface area (Å²) in [6, 6.07) is 9.05. The van der Waals surface area contributed by atoms with Crippen LogP contribution in [0.5, 0.6) is 0 Å². The van der Waals surface area contributed by atoms with Gasteiger partial charge in [-0.1, -0.05) is 52.0 Å². The maximum absolute atomic E-state index is 13.0. The highest BCUT2D eigenvalue weighted by molar-refractivity contribution is 5.80. The first-order valence-corrected chi connectivity index (χ1v) is 10.4. The first-order chi connectivity index (χ1) is 13.2. The lowest BCUT2D eigenvalue weighted by atomic mass is 9.81. The quantitative estimate of drug-likeness (QED) is 0.836. The van der Waals surface area contributed by atoms with Gasteiger partial charge in [-0.2, -0.15) is 0 Å². The standard InChI is InChI=1S/C23H34N2O3/c1-6-16(14-24-21(27)28-5)20(26)25-11-10-23(13-19(23)15-25)18-9-7-8-17(12-18)22(2,3)4/h7-9,12,16,19H,6,10-11,13-15H2,1-5H3,(H,24,27). The normalized spacial score (nSPS) is 24.9. The zero-order valence-corrected chi connectivity index (χ0v) is 17.9. The van der Waals surface area contributed by atoms with Gasteiger partial charge in [-0.15, -0.1) is 0 Å². The van der Waals surface area contributed by atoms with E-state index in [4.69, 9.17) is 0 Å². The topological polar surface area (TPSA) is 58.6 Å². The van der Waals surface area contributed by atoms with E-state index in [1.165, 1.54) is 24.7 Å². The average molecular weight is 387 g/mol. The predicted octanol–water partition coefficient (Wildman–Crippen LogP) is 3.86. The number of nitrogens with zero attached hydrogens (tertiary/aromatic N) is 1. The maximum atomic E-state index is 13.0. The maximum Gasteiger partial charge on any atom is 0.406 e. The zero-order valence-electron chi connectivity index (χ0n) is 17.9. The molecule has 154 valence electrons. The fraction of sp³-hybridized carbons (Fsp3) is 0.652. The van der Waals surface area contributed by atoms with E-state index >= 15 is 0 Å². The van der Waals surface area contributed by atoms with Crippen LogP contribution in [0.4, 0.5) is 4.79 Å². The number of carbonyl (C=O) groups excluding carboxylic acids is 2. The van der Waals surface area contributed by atoms with Gasteiger partial charge in [0.2, 0.25) is 5.91 Å². The van der Waals surface area contributed by atoms with Gasteiger partial charge in [0, 0.05) is 25.0 Å². The van der Waals surface area contributed by atoms with Gasteiger partial charge in [0.15, 0.2) is 0 Å². The molecule has 0 aromatic heterocycles. The molecule has 1 saturated heterocycles. The van der Waals surface area contributed by atoms with Crippen molar-refractivity contribution in [1.82, 2.24) is 10.2 Å². The van der Waals surface area contributed by atoms with Gasteiger partial charge in [0.05, 0.1) is 13.0 Å². The zero-order chi connectivity index (χ0) is 20.5. The Bertz CT molecular complexity index is 740. The van der Waals surface area contributed by atoms with Crippen molar-refractivity contribution >= 4 is 12.0 Å². The molecule has 3 atom stereocenters. The summed E-state index contributed by atoms with van der Waals surface area (Å²) in [7, 11) is 1.34. The van der Waals surface area contributed by atoms with Gasteiger partial charge < -0.3 is 15.0 Å². The van der Waals surface area contributed by atoms with Crippen LogP contribution in [0.3, 0.4) is 0 Å². The van der Waals surface area contributed by atoms with E-state index in [1.54, 1.807) is 0 Å². The minimum Gasteiger partial charge on any atom is -0.453 e. The van der Waals surface area contributed by atoms with E-state index in [0.29, 0.717) is 18.9 Å². The Morgan fingerprint density at radius 1 is 1.36 bits per heavy atom. The van der Waals surface area contributed by atoms with Crippen LogP contribution in [0.1, 0.15) is 58.1 Å². The van der Waals surface area contributed by atoms with Crippen molar-refractivity contribution in [3.05, 3.63) is 35.4 Å². The van der Waals surface area contributed by atoms with Gasteiger partial charge in [-0.25, -0.2) is 4.79 Å². The molecule has 1 aliphatic heterocycles. The molecule has 5 heteroatoms. The fourth-order valence-electron chi connectivity index (χ4n) is 4.55. The number of rotatable bonds is 5. The lowest BCUT2D eigenvalue weighted by Gasteiger charge is -2.34. The number of nitrogens with one attached hydrogen (secondary N) is 1. The summed E-state index contributed by atoms with van der Waals surface area (Å²) in [5.41, 5.74) is 3.22. The van der Waals surface area contributed by atoms with Crippen LogP contribution in [0.15, 0.2) is 24.3 Å². The summed E-state index contributed by atoms with van der Waals surface area (Å²) in [6.07, 6.45) is 2.42. The second-order valence-electron chi connectivity index (χ2n) is 9.40. The Hall–Kier alpha value is -2.04. The van der Waals surface area contributed by atoms with Crippen LogP contribution in [0.25, 0.3) is 0 Å². The predicted molar refractivity (Wildman–Crippen MR) is 110 cm³/mol. The largest absolute Gasteiger partial charge is 0.453 e. The van der Waals surface area contributed by atoms with Crippen LogP contribution in [0, 0.1) is 11.8 Å². The van der Waals surface area contributed by atoms with Gasteiger partial charge in [-0.3, -0.25) is 4.79 Å². The molecule has 28 heavy (non-hydrogen) atoms. The number of alkyl carbamates (subject to hydrolysis) is 1. The minimum atomic E-state index is -0.482. The first kappa shape index (κ1) is 20.7. The van der Waals surface area contributed by atoms with Gasteiger partial charge in [0.25, 0.3) is 0 Å². The van der Waals surface area contributed by atoms with Crippen molar-refractivity contribution < 1.29 is 14.3 Å². The van der Waals surface area contributed by atoms with Crippen LogP contribution < -0.4 is 5.32 Å². The molecule has 0 bridgehead atoms. The first-order valence-electron chi connectivity index (χ1n) is 10.4. The second-order valence-corrected chi connectivity index (χ2v) is 9.40. The lowest BCUT2D eigenvalue weighted by Crippen LogP contribution is -2.46. The monoisotopic (exact) mass is 386 g/mol. The molecule has 1 aliphatic carbocycles. The molecule has 1 aromatic rings. The molecular weight excluding hydrogens is 352 g/mol. The molecule has 5 nitrogen and oxygen atoms in total. The Labute approximate surface area is 168 Å². The molecule has 3 unspecified atom stereocenters.